The number of carbonyl (C=O) groups is 1. The van der Waals surface area contributed by atoms with Gasteiger partial charge in [0.15, 0.2) is 0 Å². The van der Waals surface area contributed by atoms with Gasteiger partial charge in [0, 0.05) is 17.6 Å². The smallest absolute Gasteiger partial charge is 0.227 e. The Kier molecular flexibility index (Phi) is 5.19. The highest BCUT2D eigenvalue weighted by Crippen LogP contribution is 2.14. The molecule has 0 aromatic heterocycles. The molecule has 1 saturated heterocycles. The number of hydrogen-bond acceptors (Lipinski definition) is 3. The van der Waals surface area contributed by atoms with Gasteiger partial charge in [0.1, 0.15) is 0 Å². The standard InChI is InChI=1S/C14H19ClN2O2/c1-16-13-9-19-8-12(13)14(18)17-6-5-10-3-2-4-11(15)7-10/h2-4,7,12-13,16H,5-6,8-9H2,1H3,(H,17,18). The Balaban J connectivity index is 1.78. The van der Waals surface area contributed by atoms with E-state index < -0.39 is 0 Å². The van der Waals surface area contributed by atoms with Crippen LogP contribution >= 0.6 is 11.6 Å². The summed E-state index contributed by atoms with van der Waals surface area (Å²) < 4.78 is 5.32. The maximum absolute atomic E-state index is 12.0. The molecule has 0 radical (unpaired) electrons. The van der Waals surface area contributed by atoms with Crippen LogP contribution in [-0.2, 0) is 16.0 Å². The van der Waals surface area contributed by atoms with E-state index in [1.54, 1.807) is 0 Å². The molecule has 4 nitrogen and oxygen atoms in total. The van der Waals surface area contributed by atoms with Crippen molar-refractivity contribution in [2.45, 2.75) is 12.5 Å². The second kappa shape index (κ2) is 6.89. The summed E-state index contributed by atoms with van der Waals surface area (Å²) in [7, 11) is 1.85. The summed E-state index contributed by atoms with van der Waals surface area (Å²) in [5, 5.41) is 6.79. The van der Waals surface area contributed by atoms with Crippen molar-refractivity contribution in [2.24, 2.45) is 5.92 Å². The van der Waals surface area contributed by atoms with Crippen molar-refractivity contribution in [2.75, 3.05) is 26.8 Å². The van der Waals surface area contributed by atoms with Gasteiger partial charge < -0.3 is 15.4 Å². The number of rotatable bonds is 5. The molecule has 1 amide bonds. The molecular weight excluding hydrogens is 264 g/mol. The minimum absolute atomic E-state index is 0.0545. The summed E-state index contributed by atoms with van der Waals surface area (Å²) in [6.07, 6.45) is 0.782. The number of hydrogen-bond donors (Lipinski definition) is 2. The van der Waals surface area contributed by atoms with Crippen molar-refractivity contribution < 1.29 is 9.53 Å². The molecule has 5 heteroatoms. The Bertz CT molecular complexity index is 439. The molecule has 104 valence electrons. The molecule has 1 heterocycles. The van der Waals surface area contributed by atoms with Crippen LogP contribution in [0.5, 0.6) is 0 Å². The summed E-state index contributed by atoms with van der Waals surface area (Å²) >= 11 is 5.92. The number of amides is 1. The first-order valence-electron chi connectivity index (χ1n) is 6.48. The molecule has 1 aromatic carbocycles. The van der Waals surface area contributed by atoms with E-state index in [-0.39, 0.29) is 17.9 Å². The van der Waals surface area contributed by atoms with E-state index in [2.05, 4.69) is 10.6 Å². The maximum atomic E-state index is 12.0. The number of ether oxygens (including phenoxy) is 1. The minimum Gasteiger partial charge on any atom is -0.379 e. The third-order valence-electron chi connectivity index (χ3n) is 3.39. The number of nitrogens with one attached hydrogen (secondary N) is 2. The largest absolute Gasteiger partial charge is 0.379 e. The summed E-state index contributed by atoms with van der Waals surface area (Å²) in [5.74, 6) is -0.0387. The van der Waals surface area contributed by atoms with Crippen molar-refractivity contribution in [3.63, 3.8) is 0 Å². The molecule has 0 saturated carbocycles. The molecule has 2 unspecified atom stereocenters. The summed E-state index contributed by atoms with van der Waals surface area (Å²) in [5.41, 5.74) is 1.13. The number of benzene rings is 1. The van der Waals surface area contributed by atoms with Gasteiger partial charge in [-0.2, -0.15) is 0 Å². The quantitative estimate of drug-likeness (QED) is 0.854. The van der Waals surface area contributed by atoms with E-state index in [9.17, 15) is 4.79 Å². The van der Waals surface area contributed by atoms with Crippen molar-refractivity contribution in [3.8, 4) is 0 Å². The summed E-state index contributed by atoms with van der Waals surface area (Å²) in [6, 6.07) is 7.81. The van der Waals surface area contributed by atoms with Gasteiger partial charge in [0.2, 0.25) is 5.91 Å². The van der Waals surface area contributed by atoms with Gasteiger partial charge in [-0.3, -0.25) is 4.79 Å². The molecule has 0 bridgehead atoms. The predicted molar refractivity (Wildman–Crippen MR) is 75.3 cm³/mol. The molecule has 1 aliphatic heterocycles. The number of halogens is 1. The molecule has 0 spiro atoms. The average molecular weight is 283 g/mol. The molecule has 19 heavy (non-hydrogen) atoms. The van der Waals surface area contributed by atoms with Crippen LogP contribution in [0.1, 0.15) is 5.56 Å². The zero-order valence-corrected chi connectivity index (χ0v) is 11.7. The van der Waals surface area contributed by atoms with Gasteiger partial charge in [-0.1, -0.05) is 23.7 Å². The third kappa shape index (κ3) is 3.93. The fourth-order valence-corrected chi connectivity index (χ4v) is 2.46. The molecule has 2 atom stereocenters. The van der Waals surface area contributed by atoms with Crippen LogP contribution in [0.15, 0.2) is 24.3 Å². The van der Waals surface area contributed by atoms with Gasteiger partial charge in [0.05, 0.1) is 19.1 Å². The van der Waals surface area contributed by atoms with Crippen LogP contribution < -0.4 is 10.6 Å². The summed E-state index contributed by atoms with van der Waals surface area (Å²) in [4.78, 5) is 12.0. The molecule has 2 rings (SSSR count). The van der Waals surface area contributed by atoms with Crippen molar-refractivity contribution in [1.29, 1.82) is 0 Å². The molecule has 0 aliphatic carbocycles. The lowest BCUT2D eigenvalue weighted by Crippen LogP contribution is -2.43. The summed E-state index contributed by atoms with van der Waals surface area (Å²) in [6.45, 7) is 1.71. The van der Waals surface area contributed by atoms with Crippen molar-refractivity contribution >= 4 is 17.5 Å². The van der Waals surface area contributed by atoms with E-state index in [0.29, 0.717) is 19.8 Å². The Hall–Kier alpha value is -1.10. The Labute approximate surface area is 118 Å². The first-order valence-corrected chi connectivity index (χ1v) is 6.85. The molecule has 1 aliphatic rings. The molecule has 2 N–H and O–H groups in total. The van der Waals surface area contributed by atoms with E-state index in [0.717, 1.165) is 17.0 Å². The highest BCUT2D eigenvalue weighted by Gasteiger charge is 2.32. The van der Waals surface area contributed by atoms with Crippen LogP contribution in [0.4, 0.5) is 0 Å². The van der Waals surface area contributed by atoms with Gasteiger partial charge in [-0.15, -0.1) is 0 Å². The van der Waals surface area contributed by atoms with E-state index in [4.69, 9.17) is 16.3 Å². The fourth-order valence-electron chi connectivity index (χ4n) is 2.25. The molecular formula is C14H19ClN2O2. The lowest BCUT2D eigenvalue weighted by atomic mass is 10.0. The van der Waals surface area contributed by atoms with E-state index in [1.165, 1.54) is 0 Å². The second-order valence-corrected chi connectivity index (χ2v) is 5.15. The predicted octanol–water partition coefficient (Wildman–Crippen LogP) is 1.23. The third-order valence-corrected chi connectivity index (χ3v) is 3.63. The van der Waals surface area contributed by atoms with Crippen molar-refractivity contribution in [3.05, 3.63) is 34.9 Å². The maximum Gasteiger partial charge on any atom is 0.227 e. The average Bonchev–Trinajstić information content (AvgIpc) is 2.87. The zero-order chi connectivity index (χ0) is 13.7. The van der Waals surface area contributed by atoms with Crippen molar-refractivity contribution in [1.82, 2.24) is 10.6 Å². The zero-order valence-electron chi connectivity index (χ0n) is 11.0. The fraction of sp³-hybridized carbons (Fsp3) is 0.500. The van der Waals surface area contributed by atoms with Crippen LogP contribution in [0.25, 0.3) is 0 Å². The lowest BCUT2D eigenvalue weighted by Gasteiger charge is -2.16. The highest BCUT2D eigenvalue weighted by molar-refractivity contribution is 6.30. The lowest BCUT2D eigenvalue weighted by molar-refractivity contribution is -0.125. The van der Waals surface area contributed by atoms with Gasteiger partial charge in [-0.05, 0) is 31.2 Å². The Morgan fingerprint density at radius 2 is 2.32 bits per heavy atom. The van der Waals surface area contributed by atoms with E-state index in [1.807, 2.05) is 31.3 Å². The van der Waals surface area contributed by atoms with Crippen LogP contribution in [0.3, 0.4) is 0 Å². The van der Waals surface area contributed by atoms with E-state index >= 15 is 0 Å². The second-order valence-electron chi connectivity index (χ2n) is 4.71. The number of carbonyl (C=O) groups excluding carboxylic acids is 1. The van der Waals surface area contributed by atoms with Crippen LogP contribution in [0.2, 0.25) is 5.02 Å². The normalized spacial score (nSPS) is 22.4. The van der Waals surface area contributed by atoms with Crippen LogP contribution in [-0.4, -0.2) is 38.8 Å². The van der Waals surface area contributed by atoms with Crippen LogP contribution in [0, 0.1) is 5.92 Å². The van der Waals surface area contributed by atoms with Gasteiger partial charge in [0.25, 0.3) is 0 Å². The Morgan fingerprint density at radius 3 is 3.05 bits per heavy atom. The Morgan fingerprint density at radius 1 is 1.47 bits per heavy atom. The highest BCUT2D eigenvalue weighted by atomic mass is 35.5. The monoisotopic (exact) mass is 282 g/mol. The first-order chi connectivity index (χ1) is 9.20. The van der Waals surface area contributed by atoms with Gasteiger partial charge in [-0.25, -0.2) is 0 Å². The topological polar surface area (TPSA) is 50.4 Å². The molecule has 1 fully saturated rings. The molecule has 1 aromatic rings. The minimum atomic E-state index is -0.0932. The first kappa shape index (κ1) is 14.3. The van der Waals surface area contributed by atoms with Gasteiger partial charge >= 0.3 is 0 Å². The number of likely N-dealkylation sites (N-methyl/N-ethyl adjacent to an activating group) is 1. The SMILES string of the molecule is CNC1COCC1C(=O)NCCc1cccc(Cl)c1.